The number of nitrogens with zero attached hydrogens (tertiary/aromatic N) is 3. The van der Waals surface area contributed by atoms with Crippen LogP contribution in [0.4, 0.5) is 0 Å². The van der Waals surface area contributed by atoms with Crippen LogP contribution in [0.25, 0.3) is 5.65 Å². The van der Waals surface area contributed by atoms with Crippen LogP contribution in [0.1, 0.15) is 17.7 Å². The van der Waals surface area contributed by atoms with Crippen molar-refractivity contribution in [3.8, 4) is 0 Å². The van der Waals surface area contributed by atoms with E-state index < -0.39 is 0 Å². The van der Waals surface area contributed by atoms with Gasteiger partial charge < -0.3 is 9.51 Å². The van der Waals surface area contributed by atoms with Gasteiger partial charge >= 0.3 is 0 Å². The van der Waals surface area contributed by atoms with Crippen LogP contribution in [0.3, 0.4) is 0 Å². The summed E-state index contributed by atoms with van der Waals surface area (Å²) in [4.78, 5) is 6.88. The smallest absolute Gasteiger partial charge is 0.139 e. The number of pyridine rings is 1. The van der Waals surface area contributed by atoms with Crippen molar-refractivity contribution in [2.45, 2.75) is 19.9 Å². The zero-order valence-electron chi connectivity index (χ0n) is 10.7. The van der Waals surface area contributed by atoms with Crippen LogP contribution in [0.15, 0.2) is 24.5 Å². The van der Waals surface area contributed by atoms with Gasteiger partial charge in [0.1, 0.15) is 5.65 Å². The molecule has 2 aromatic rings. The van der Waals surface area contributed by atoms with Crippen LogP contribution < -0.4 is 0 Å². The molecule has 0 radical (unpaired) electrons. The van der Waals surface area contributed by atoms with Crippen molar-refractivity contribution in [2.24, 2.45) is 5.92 Å². The second-order valence-electron chi connectivity index (χ2n) is 5.21. The molecular weight excluding hydrogens is 226 g/mol. The first-order valence-electron chi connectivity index (χ1n) is 6.52. The molecule has 0 bridgehead atoms. The van der Waals surface area contributed by atoms with Gasteiger partial charge in [0.05, 0.1) is 11.9 Å². The Kier molecular flexibility index (Phi) is 3.06. The fraction of sp³-hybridized carbons (Fsp3) is 0.500. The van der Waals surface area contributed by atoms with Crippen LogP contribution in [-0.4, -0.2) is 39.1 Å². The molecule has 18 heavy (non-hydrogen) atoms. The summed E-state index contributed by atoms with van der Waals surface area (Å²) in [5.41, 5.74) is 3.48. The van der Waals surface area contributed by atoms with Gasteiger partial charge in [-0.15, -0.1) is 0 Å². The van der Waals surface area contributed by atoms with Crippen LogP contribution in [0, 0.1) is 12.8 Å². The summed E-state index contributed by atoms with van der Waals surface area (Å²) in [5.74, 6) is 0.450. The maximum Gasteiger partial charge on any atom is 0.139 e. The first kappa shape index (κ1) is 11.7. The Labute approximate surface area is 107 Å². The lowest BCUT2D eigenvalue weighted by Gasteiger charge is -2.15. The van der Waals surface area contributed by atoms with Gasteiger partial charge in [-0.2, -0.15) is 0 Å². The summed E-state index contributed by atoms with van der Waals surface area (Å²) in [6, 6.07) is 4.15. The molecule has 1 fully saturated rings. The van der Waals surface area contributed by atoms with E-state index in [2.05, 4.69) is 39.5 Å². The number of aliphatic hydroxyl groups is 1. The number of hydrogen-bond acceptors (Lipinski definition) is 3. The van der Waals surface area contributed by atoms with Gasteiger partial charge in [0.25, 0.3) is 0 Å². The second-order valence-corrected chi connectivity index (χ2v) is 5.21. The first-order valence-corrected chi connectivity index (χ1v) is 6.52. The third-order valence-corrected chi connectivity index (χ3v) is 3.82. The number of hydrogen-bond donors (Lipinski definition) is 1. The maximum atomic E-state index is 9.17. The molecule has 96 valence electrons. The molecule has 0 aliphatic carbocycles. The average molecular weight is 245 g/mol. The van der Waals surface area contributed by atoms with E-state index in [9.17, 15) is 5.11 Å². The van der Waals surface area contributed by atoms with E-state index in [4.69, 9.17) is 0 Å². The normalized spacial score (nSPS) is 20.9. The summed E-state index contributed by atoms with van der Waals surface area (Å²) < 4.78 is 2.17. The van der Waals surface area contributed by atoms with E-state index in [0.29, 0.717) is 12.5 Å². The Bertz CT molecular complexity index is 549. The molecule has 4 heteroatoms. The number of likely N-dealkylation sites (tertiary alicyclic amines) is 1. The van der Waals surface area contributed by atoms with E-state index in [1.54, 1.807) is 0 Å². The highest BCUT2D eigenvalue weighted by molar-refractivity contribution is 5.48. The molecule has 1 aliphatic rings. The van der Waals surface area contributed by atoms with Gasteiger partial charge in [-0.05, 0) is 37.4 Å². The molecule has 0 saturated carbocycles. The predicted octanol–water partition coefficient (Wildman–Crippen LogP) is 1.46. The van der Waals surface area contributed by atoms with Crippen molar-refractivity contribution < 1.29 is 5.11 Å². The number of aryl methyl sites for hydroxylation is 1. The Morgan fingerprint density at radius 3 is 3.17 bits per heavy atom. The van der Waals surface area contributed by atoms with Gasteiger partial charge in [0.15, 0.2) is 0 Å². The molecule has 3 heterocycles. The van der Waals surface area contributed by atoms with Gasteiger partial charge in [-0.1, -0.05) is 6.07 Å². The molecule has 3 rings (SSSR count). The number of fused-ring (bicyclic) bond motifs is 1. The molecule has 1 aliphatic heterocycles. The SMILES string of the molecule is Cc1cccn2c(CN3CCC(CO)C3)cnc12. The highest BCUT2D eigenvalue weighted by Crippen LogP contribution is 2.19. The molecule has 0 spiro atoms. The lowest BCUT2D eigenvalue weighted by atomic mass is 10.1. The van der Waals surface area contributed by atoms with Crippen molar-refractivity contribution in [2.75, 3.05) is 19.7 Å². The molecule has 0 amide bonds. The third kappa shape index (κ3) is 2.02. The predicted molar refractivity (Wildman–Crippen MR) is 70.4 cm³/mol. The van der Waals surface area contributed by atoms with E-state index in [1.807, 2.05) is 6.20 Å². The van der Waals surface area contributed by atoms with E-state index >= 15 is 0 Å². The van der Waals surface area contributed by atoms with E-state index in [-0.39, 0.29) is 0 Å². The minimum absolute atomic E-state index is 0.308. The lowest BCUT2D eigenvalue weighted by Crippen LogP contribution is -2.21. The minimum Gasteiger partial charge on any atom is -0.396 e. The van der Waals surface area contributed by atoms with Gasteiger partial charge in [0, 0.05) is 25.9 Å². The average Bonchev–Trinajstić information content (AvgIpc) is 2.98. The third-order valence-electron chi connectivity index (χ3n) is 3.82. The van der Waals surface area contributed by atoms with Gasteiger partial charge in [0.2, 0.25) is 0 Å². The number of aliphatic hydroxyl groups excluding tert-OH is 1. The van der Waals surface area contributed by atoms with Crippen LogP contribution >= 0.6 is 0 Å². The monoisotopic (exact) mass is 245 g/mol. The Balaban J connectivity index is 1.81. The number of rotatable bonds is 3. The Hall–Kier alpha value is -1.39. The summed E-state index contributed by atoms with van der Waals surface area (Å²) >= 11 is 0. The Morgan fingerprint density at radius 2 is 2.39 bits per heavy atom. The topological polar surface area (TPSA) is 40.8 Å². The molecule has 0 aromatic carbocycles. The Morgan fingerprint density at radius 1 is 1.50 bits per heavy atom. The molecule has 1 N–H and O–H groups in total. The van der Waals surface area contributed by atoms with E-state index in [0.717, 1.165) is 31.7 Å². The van der Waals surface area contributed by atoms with Crippen molar-refractivity contribution in [3.63, 3.8) is 0 Å². The van der Waals surface area contributed by atoms with Gasteiger partial charge in [-0.25, -0.2) is 4.98 Å². The van der Waals surface area contributed by atoms with Crippen LogP contribution in [-0.2, 0) is 6.54 Å². The standard InChI is InChI=1S/C14H19N3O/c1-11-3-2-5-17-13(7-15-14(11)17)9-16-6-4-12(8-16)10-18/h2-3,5,7,12,18H,4,6,8-10H2,1H3. The number of aromatic nitrogens is 2. The van der Waals surface area contributed by atoms with Crippen LogP contribution in [0.2, 0.25) is 0 Å². The summed E-state index contributed by atoms with van der Waals surface area (Å²) in [7, 11) is 0. The largest absolute Gasteiger partial charge is 0.396 e. The quantitative estimate of drug-likeness (QED) is 0.890. The molecular formula is C14H19N3O. The fourth-order valence-electron chi connectivity index (χ4n) is 2.75. The van der Waals surface area contributed by atoms with Crippen molar-refractivity contribution >= 4 is 5.65 Å². The highest BCUT2D eigenvalue weighted by atomic mass is 16.3. The summed E-state index contributed by atoms with van der Waals surface area (Å²) in [6.07, 6.45) is 5.14. The highest BCUT2D eigenvalue weighted by Gasteiger charge is 2.22. The van der Waals surface area contributed by atoms with Crippen molar-refractivity contribution in [3.05, 3.63) is 35.8 Å². The van der Waals surface area contributed by atoms with E-state index in [1.165, 1.54) is 11.3 Å². The minimum atomic E-state index is 0.308. The van der Waals surface area contributed by atoms with Crippen molar-refractivity contribution in [1.82, 2.24) is 14.3 Å². The summed E-state index contributed by atoms with van der Waals surface area (Å²) in [5, 5.41) is 9.17. The lowest BCUT2D eigenvalue weighted by molar-refractivity contribution is 0.219. The second kappa shape index (κ2) is 4.71. The zero-order valence-corrected chi connectivity index (χ0v) is 10.7. The van der Waals surface area contributed by atoms with Crippen LogP contribution in [0.5, 0.6) is 0 Å². The molecule has 1 saturated heterocycles. The summed E-state index contributed by atoms with van der Waals surface area (Å²) in [6.45, 7) is 5.38. The zero-order chi connectivity index (χ0) is 12.5. The molecule has 2 aromatic heterocycles. The van der Waals surface area contributed by atoms with Crippen molar-refractivity contribution in [1.29, 1.82) is 0 Å². The van der Waals surface area contributed by atoms with Gasteiger partial charge in [-0.3, -0.25) is 4.90 Å². The molecule has 1 atom stereocenters. The number of imidazole rings is 1. The molecule has 1 unspecified atom stereocenters. The first-order chi connectivity index (χ1) is 8.78. The fourth-order valence-corrected chi connectivity index (χ4v) is 2.75. The molecule has 4 nitrogen and oxygen atoms in total. The maximum absolute atomic E-state index is 9.17.